The lowest BCUT2D eigenvalue weighted by atomic mass is 9.75. The molecule has 0 amide bonds. The smallest absolute Gasteiger partial charge is 0.00183 e. The van der Waals surface area contributed by atoms with Crippen molar-refractivity contribution in [2.24, 2.45) is 34.5 Å². The van der Waals surface area contributed by atoms with Gasteiger partial charge in [0.1, 0.15) is 0 Å². The van der Waals surface area contributed by atoms with Crippen molar-refractivity contribution < 1.29 is 0 Å². The second-order valence-corrected chi connectivity index (χ2v) is 5.90. The molecule has 0 heterocycles. The zero-order valence-electron chi connectivity index (χ0n) is 8.64. The first-order valence-electron chi connectivity index (χ1n) is 6.11. The first-order valence-corrected chi connectivity index (χ1v) is 6.11. The molecule has 0 radical (unpaired) electrons. The van der Waals surface area contributed by atoms with Crippen LogP contribution in [0, 0.1) is 34.5 Å². The molecule has 0 N–H and O–H groups in total. The fourth-order valence-electron chi connectivity index (χ4n) is 5.18. The summed E-state index contributed by atoms with van der Waals surface area (Å²) in [4.78, 5) is 0. The highest BCUT2D eigenvalue weighted by Gasteiger charge is 2.79. The van der Waals surface area contributed by atoms with Crippen molar-refractivity contribution in [3.8, 4) is 0 Å². The van der Waals surface area contributed by atoms with E-state index < -0.39 is 0 Å². The summed E-state index contributed by atoms with van der Waals surface area (Å²) in [7, 11) is 0. The summed E-state index contributed by atoms with van der Waals surface area (Å²) in [6.45, 7) is 0. The minimum absolute atomic E-state index is 0.606. The van der Waals surface area contributed by atoms with Gasteiger partial charge < -0.3 is 0 Å². The lowest BCUT2D eigenvalue weighted by molar-refractivity contribution is 0.247. The molecular formula is C15H14. The van der Waals surface area contributed by atoms with Crippen molar-refractivity contribution in [1.82, 2.24) is 0 Å². The van der Waals surface area contributed by atoms with Gasteiger partial charge in [-0.2, -0.15) is 0 Å². The van der Waals surface area contributed by atoms with Gasteiger partial charge in [0.15, 0.2) is 0 Å². The summed E-state index contributed by atoms with van der Waals surface area (Å²) in [6.07, 6.45) is 21.1. The van der Waals surface area contributed by atoms with E-state index in [0.717, 1.165) is 23.7 Å². The summed E-state index contributed by atoms with van der Waals surface area (Å²) in [5.74, 6) is 3.03. The molecule has 1 fully saturated rings. The molecule has 5 aliphatic rings. The van der Waals surface area contributed by atoms with E-state index in [9.17, 15) is 0 Å². The van der Waals surface area contributed by atoms with Crippen LogP contribution < -0.4 is 0 Å². The van der Waals surface area contributed by atoms with Crippen LogP contribution in [-0.4, -0.2) is 0 Å². The highest BCUT2D eigenvalue weighted by atomic mass is 14.8. The Morgan fingerprint density at radius 2 is 0.800 bits per heavy atom. The Labute approximate surface area is 90.1 Å². The number of hydrogen-bond donors (Lipinski definition) is 0. The average molecular weight is 194 g/mol. The summed E-state index contributed by atoms with van der Waals surface area (Å²) in [5.41, 5.74) is 1.21. The summed E-state index contributed by atoms with van der Waals surface area (Å²) < 4.78 is 0. The Kier molecular flexibility index (Phi) is 0.880. The van der Waals surface area contributed by atoms with E-state index in [1.165, 1.54) is 6.42 Å². The van der Waals surface area contributed by atoms with Gasteiger partial charge >= 0.3 is 0 Å². The Hall–Kier alpha value is -1.04. The topological polar surface area (TPSA) is 0 Å². The molecule has 5 aliphatic carbocycles. The fraction of sp³-hybridized carbons (Fsp3) is 0.467. The van der Waals surface area contributed by atoms with Crippen LogP contribution in [0.2, 0.25) is 0 Å². The van der Waals surface area contributed by atoms with Crippen molar-refractivity contribution >= 4 is 0 Å². The van der Waals surface area contributed by atoms with Gasteiger partial charge in [-0.3, -0.25) is 0 Å². The molecule has 0 saturated heterocycles. The highest BCUT2D eigenvalue weighted by molar-refractivity contribution is 5.49. The molecule has 0 aromatic heterocycles. The van der Waals surface area contributed by atoms with Gasteiger partial charge in [0.25, 0.3) is 0 Å². The van der Waals surface area contributed by atoms with Crippen LogP contribution in [0.3, 0.4) is 0 Å². The molecule has 5 rings (SSSR count). The van der Waals surface area contributed by atoms with E-state index in [2.05, 4.69) is 48.6 Å². The van der Waals surface area contributed by atoms with E-state index in [1.807, 2.05) is 0 Å². The predicted octanol–water partition coefficient (Wildman–Crippen LogP) is 3.11. The summed E-state index contributed by atoms with van der Waals surface area (Å²) in [5, 5.41) is 0. The average Bonchev–Trinajstić information content (AvgIpc) is 2.58. The third-order valence-electron chi connectivity index (χ3n) is 5.81. The van der Waals surface area contributed by atoms with Crippen LogP contribution in [0.4, 0.5) is 0 Å². The third-order valence-corrected chi connectivity index (χ3v) is 5.81. The SMILES string of the molecule is C1=CC2C=CC1C21CC12C1C=CC2C=C1. The summed E-state index contributed by atoms with van der Waals surface area (Å²) >= 11 is 0. The molecule has 0 nitrogen and oxygen atoms in total. The van der Waals surface area contributed by atoms with Gasteiger partial charge in [-0.15, -0.1) is 0 Å². The minimum Gasteiger partial charge on any atom is -0.0804 e. The van der Waals surface area contributed by atoms with Gasteiger partial charge in [-0.25, -0.2) is 0 Å². The first-order chi connectivity index (χ1) is 7.38. The number of hydrogen-bond acceptors (Lipinski definition) is 0. The van der Waals surface area contributed by atoms with E-state index in [-0.39, 0.29) is 0 Å². The maximum absolute atomic E-state index is 2.46. The molecule has 2 spiro atoms. The molecule has 0 heteroatoms. The van der Waals surface area contributed by atoms with E-state index in [4.69, 9.17) is 0 Å². The molecule has 15 heavy (non-hydrogen) atoms. The van der Waals surface area contributed by atoms with Crippen molar-refractivity contribution in [3.05, 3.63) is 48.6 Å². The monoisotopic (exact) mass is 194 g/mol. The second-order valence-electron chi connectivity index (χ2n) is 5.90. The van der Waals surface area contributed by atoms with Crippen LogP contribution in [0.5, 0.6) is 0 Å². The zero-order chi connectivity index (χ0) is 9.67. The van der Waals surface area contributed by atoms with Gasteiger partial charge in [-0.1, -0.05) is 48.6 Å². The normalized spacial score (nSPS) is 64.5. The van der Waals surface area contributed by atoms with Crippen molar-refractivity contribution in [2.45, 2.75) is 6.42 Å². The second kappa shape index (κ2) is 1.81. The Bertz CT molecular complexity index is 370. The number of rotatable bonds is 0. The largest absolute Gasteiger partial charge is 0.0804 e. The fourth-order valence-corrected chi connectivity index (χ4v) is 5.18. The Morgan fingerprint density at radius 1 is 0.533 bits per heavy atom. The van der Waals surface area contributed by atoms with Crippen LogP contribution in [0.25, 0.3) is 0 Å². The molecule has 1 saturated carbocycles. The maximum atomic E-state index is 2.46. The third kappa shape index (κ3) is 0.497. The number of allylic oxidation sites excluding steroid dienone is 8. The first kappa shape index (κ1) is 7.27. The van der Waals surface area contributed by atoms with Crippen LogP contribution in [0.15, 0.2) is 48.6 Å². The lowest BCUT2D eigenvalue weighted by Crippen LogP contribution is -2.25. The predicted molar refractivity (Wildman–Crippen MR) is 60.0 cm³/mol. The van der Waals surface area contributed by atoms with Gasteiger partial charge in [0.05, 0.1) is 0 Å². The summed E-state index contributed by atoms with van der Waals surface area (Å²) in [6, 6.07) is 0. The molecular weight excluding hydrogens is 180 g/mol. The maximum Gasteiger partial charge on any atom is 0.00183 e. The highest BCUT2D eigenvalue weighted by Crippen LogP contribution is 2.85. The molecule has 0 unspecified atom stereocenters. The Morgan fingerprint density at radius 3 is 1.07 bits per heavy atom. The minimum atomic E-state index is 0.606. The molecule has 0 aromatic rings. The van der Waals surface area contributed by atoms with Crippen LogP contribution in [0.1, 0.15) is 6.42 Å². The molecule has 0 atom stereocenters. The van der Waals surface area contributed by atoms with E-state index in [1.54, 1.807) is 0 Å². The molecule has 0 aromatic carbocycles. The molecule has 74 valence electrons. The van der Waals surface area contributed by atoms with Gasteiger partial charge in [0.2, 0.25) is 0 Å². The van der Waals surface area contributed by atoms with Crippen molar-refractivity contribution in [3.63, 3.8) is 0 Å². The quantitative estimate of drug-likeness (QED) is 0.520. The Balaban J connectivity index is 1.68. The molecule has 0 aliphatic heterocycles. The van der Waals surface area contributed by atoms with Crippen molar-refractivity contribution in [1.29, 1.82) is 0 Å². The van der Waals surface area contributed by atoms with Gasteiger partial charge in [-0.05, 0) is 17.3 Å². The van der Waals surface area contributed by atoms with Gasteiger partial charge in [0, 0.05) is 23.7 Å². The standard InChI is InChI=1S/C15H14/c1-2-11-4-3-10(1)14(11)9-15(14)12-5-6-13(15)8-7-12/h1-8,10-13H,9H2. The van der Waals surface area contributed by atoms with Crippen molar-refractivity contribution in [2.75, 3.05) is 0 Å². The van der Waals surface area contributed by atoms with E-state index in [0.29, 0.717) is 10.8 Å². The van der Waals surface area contributed by atoms with Crippen LogP contribution in [-0.2, 0) is 0 Å². The van der Waals surface area contributed by atoms with E-state index >= 15 is 0 Å². The van der Waals surface area contributed by atoms with Crippen LogP contribution >= 0.6 is 0 Å². The lowest BCUT2D eigenvalue weighted by Gasteiger charge is -2.27. The zero-order valence-corrected chi connectivity index (χ0v) is 8.64. The molecule has 4 bridgehead atoms.